The van der Waals surface area contributed by atoms with Crippen LogP contribution >= 0.6 is 15.9 Å². The van der Waals surface area contributed by atoms with Crippen molar-refractivity contribution >= 4 is 15.9 Å². The highest BCUT2D eigenvalue weighted by Crippen LogP contribution is 2.19. The van der Waals surface area contributed by atoms with Crippen molar-refractivity contribution in [1.29, 1.82) is 0 Å². The van der Waals surface area contributed by atoms with Crippen LogP contribution in [0, 0.1) is 13.8 Å². The van der Waals surface area contributed by atoms with E-state index in [-0.39, 0.29) is 0 Å². The first-order chi connectivity index (χ1) is 5.15. The molecule has 0 bridgehead atoms. The maximum Gasteiger partial charge on any atom is 0.316 e. The normalized spacial score (nSPS) is 9.82. The van der Waals surface area contributed by atoms with Gasteiger partial charge in [0.25, 0.3) is 0 Å². The van der Waals surface area contributed by atoms with Crippen LogP contribution in [0.2, 0.25) is 0 Å². The molecular formula is C7H9BrN2O. The number of halogens is 1. The third kappa shape index (κ3) is 1.68. The van der Waals surface area contributed by atoms with Gasteiger partial charge in [0.1, 0.15) is 0 Å². The minimum atomic E-state index is 0.420. The lowest BCUT2D eigenvalue weighted by Crippen LogP contribution is -1.97. The molecule has 0 spiro atoms. The predicted octanol–water partition coefficient (Wildman–Crippen LogP) is 1.86. The average molecular weight is 217 g/mol. The van der Waals surface area contributed by atoms with E-state index < -0.39 is 0 Å². The second-order valence-corrected chi connectivity index (χ2v) is 2.99. The van der Waals surface area contributed by atoms with Gasteiger partial charge in [-0.05, 0) is 29.8 Å². The summed E-state index contributed by atoms with van der Waals surface area (Å²) in [4.78, 5) is 8.14. The zero-order valence-electron chi connectivity index (χ0n) is 6.68. The summed E-state index contributed by atoms with van der Waals surface area (Å²) in [6.07, 6.45) is 0. The smallest absolute Gasteiger partial charge is 0.316 e. The Bertz CT molecular complexity index is 252. The highest BCUT2D eigenvalue weighted by Gasteiger charge is 2.04. The lowest BCUT2D eigenvalue weighted by Gasteiger charge is -2.03. The van der Waals surface area contributed by atoms with Gasteiger partial charge in [0.15, 0.2) is 0 Å². The van der Waals surface area contributed by atoms with Gasteiger partial charge in [-0.1, -0.05) is 0 Å². The molecule has 3 nitrogen and oxygen atoms in total. The molecule has 0 saturated heterocycles. The van der Waals surface area contributed by atoms with Gasteiger partial charge < -0.3 is 4.74 Å². The van der Waals surface area contributed by atoms with Crippen molar-refractivity contribution in [3.63, 3.8) is 0 Å². The Morgan fingerprint density at radius 2 is 1.64 bits per heavy atom. The van der Waals surface area contributed by atoms with E-state index in [2.05, 4.69) is 25.9 Å². The monoisotopic (exact) mass is 216 g/mol. The van der Waals surface area contributed by atoms with Crippen LogP contribution in [0.15, 0.2) is 4.47 Å². The molecule has 0 aliphatic rings. The van der Waals surface area contributed by atoms with Gasteiger partial charge >= 0.3 is 6.01 Å². The largest absolute Gasteiger partial charge is 0.467 e. The summed E-state index contributed by atoms with van der Waals surface area (Å²) >= 11 is 3.36. The van der Waals surface area contributed by atoms with Crippen LogP contribution in [-0.2, 0) is 0 Å². The highest BCUT2D eigenvalue weighted by atomic mass is 79.9. The summed E-state index contributed by atoms with van der Waals surface area (Å²) in [5.74, 6) is 0. The maximum atomic E-state index is 4.89. The molecule has 1 rings (SSSR count). The summed E-state index contributed by atoms with van der Waals surface area (Å²) in [5.41, 5.74) is 1.80. The molecule has 11 heavy (non-hydrogen) atoms. The first-order valence-electron chi connectivity index (χ1n) is 3.20. The summed E-state index contributed by atoms with van der Waals surface area (Å²) < 4.78 is 5.83. The van der Waals surface area contributed by atoms with Gasteiger partial charge in [-0.15, -0.1) is 0 Å². The molecule has 0 aliphatic carbocycles. The second-order valence-electron chi connectivity index (χ2n) is 2.20. The summed E-state index contributed by atoms with van der Waals surface area (Å²) in [5, 5.41) is 0. The zero-order chi connectivity index (χ0) is 8.43. The van der Waals surface area contributed by atoms with Crippen molar-refractivity contribution in [3.8, 4) is 6.01 Å². The van der Waals surface area contributed by atoms with Crippen LogP contribution in [0.3, 0.4) is 0 Å². The van der Waals surface area contributed by atoms with Gasteiger partial charge in [-0.3, -0.25) is 0 Å². The van der Waals surface area contributed by atoms with Crippen LogP contribution in [-0.4, -0.2) is 17.1 Å². The maximum absolute atomic E-state index is 4.89. The number of hydrogen-bond acceptors (Lipinski definition) is 3. The van der Waals surface area contributed by atoms with E-state index in [1.54, 1.807) is 7.11 Å². The van der Waals surface area contributed by atoms with E-state index in [1.807, 2.05) is 13.8 Å². The summed E-state index contributed by atoms with van der Waals surface area (Å²) in [7, 11) is 1.56. The van der Waals surface area contributed by atoms with Crippen molar-refractivity contribution < 1.29 is 4.74 Å². The first kappa shape index (κ1) is 8.46. The van der Waals surface area contributed by atoms with Crippen LogP contribution < -0.4 is 4.74 Å². The number of aromatic nitrogens is 2. The Labute approximate surface area is 73.9 Å². The molecule has 60 valence electrons. The lowest BCUT2D eigenvalue weighted by atomic mass is 10.4. The average Bonchev–Trinajstić information content (AvgIpc) is 1.99. The Hall–Kier alpha value is -0.640. The standard InChI is InChI=1S/C7H9BrN2O/c1-4-6(8)5(2)10-7(9-4)11-3/h1-3H3. The fraction of sp³-hybridized carbons (Fsp3) is 0.429. The molecule has 0 unspecified atom stereocenters. The molecular weight excluding hydrogens is 208 g/mol. The number of methoxy groups -OCH3 is 1. The third-order valence-electron chi connectivity index (χ3n) is 1.34. The van der Waals surface area contributed by atoms with Crippen LogP contribution in [0.1, 0.15) is 11.4 Å². The van der Waals surface area contributed by atoms with Crippen molar-refractivity contribution in [3.05, 3.63) is 15.9 Å². The van der Waals surface area contributed by atoms with Crippen molar-refractivity contribution in [2.75, 3.05) is 7.11 Å². The van der Waals surface area contributed by atoms with Crippen LogP contribution in [0.25, 0.3) is 0 Å². The Morgan fingerprint density at radius 3 is 2.00 bits per heavy atom. The fourth-order valence-electron chi connectivity index (χ4n) is 0.763. The molecule has 0 atom stereocenters. The van der Waals surface area contributed by atoms with Crippen molar-refractivity contribution in [1.82, 2.24) is 9.97 Å². The topological polar surface area (TPSA) is 35.0 Å². The molecule has 0 N–H and O–H groups in total. The minimum Gasteiger partial charge on any atom is -0.467 e. The van der Waals surface area contributed by atoms with Gasteiger partial charge in [0.05, 0.1) is 23.0 Å². The van der Waals surface area contributed by atoms with Crippen molar-refractivity contribution in [2.45, 2.75) is 13.8 Å². The SMILES string of the molecule is COc1nc(C)c(Br)c(C)n1. The Kier molecular flexibility index (Phi) is 2.44. The molecule has 0 aromatic carbocycles. The molecule has 0 radical (unpaired) electrons. The van der Waals surface area contributed by atoms with E-state index in [4.69, 9.17) is 4.74 Å². The summed E-state index contributed by atoms with van der Waals surface area (Å²) in [6.45, 7) is 3.81. The third-order valence-corrected chi connectivity index (χ3v) is 2.49. The highest BCUT2D eigenvalue weighted by molar-refractivity contribution is 9.10. The van der Waals surface area contributed by atoms with E-state index in [0.29, 0.717) is 6.01 Å². The Balaban J connectivity index is 3.21. The van der Waals surface area contributed by atoms with E-state index in [0.717, 1.165) is 15.9 Å². The molecule has 1 aromatic heterocycles. The van der Waals surface area contributed by atoms with E-state index >= 15 is 0 Å². The van der Waals surface area contributed by atoms with Crippen LogP contribution in [0.4, 0.5) is 0 Å². The molecule has 4 heteroatoms. The van der Waals surface area contributed by atoms with Gasteiger partial charge in [0, 0.05) is 0 Å². The van der Waals surface area contributed by atoms with Crippen LogP contribution in [0.5, 0.6) is 6.01 Å². The van der Waals surface area contributed by atoms with E-state index in [9.17, 15) is 0 Å². The molecule has 0 amide bonds. The number of rotatable bonds is 1. The molecule has 1 heterocycles. The molecule has 0 saturated carbocycles. The van der Waals surface area contributed by atoms with Gasteiger partial charge in [-0.2, -0.15) is 9.97 Å². The molecule has 0 aliphatic heterocycles. The van der Waals surface area contributed by atoms with Gasteiger partial charge in [-0.25, -0.2) is 0 Å². The minimum absolute atomic E-state index is 0.420. The number of ether oxygens (including phenoxy) is 1. The lowest BCUT2D eigenvalue weighted by molar-refractivity contribution is 0.377. The predicted molar refractivity (Wildman–Crippen MR) is 45.8 cm³/mol. The first-order valence-corrected chi connectivity index (χ1v) is 3.99. The van der Waals surface area contributed by atoms with Crippen molar-refractivity contribution in [2.24, 2.45) is 0 Å². The van der Waals surface area contributed by atoms with E-state index in [1.165, 1.54) is 0 Å². The summed E-state index contributed by atoms with van der Waals surface area (Å²) in [6, 6.07) is 0.420. The second kappa shape index (κ2) is 3.17. The number of hydrogen-bond donors (Lipinski definition) is 0. The number of aryl methyl sites for hydroxylation is 2. The zero-order valence-corrected chi connectivity index (χ0v) is 8.27. The molecule has 1 aromatic rings. The fourth-order valence-corrected chi connectivity index (χ4v) is 0.941. The van der Waals surface area contributed by atoms with Gasteiger partial charge in [0.2, 0.25) is 0 Å². The molecule has 0 fully saturated rings. The Morgan fingerprint density at radius 1 is 1.18 bits per heavy atom. The quantitative estimate of drug-likeness (QED) is 0.720. The number of nitrogens with zero attached hydrogens (tertiary/aromatic N) is 2.